The predicted molar refractivity (Wildman–Crippen MR) is 86.5 cm³/mol. The minimum absolute atomic E-state index is 0.240. The minimum Gasteiger partial charge on any atom is -0.480 e. The summed E-state index contributed by atoms with van der Waals surface area (Å²) in [7, 11) is 0. The maximum Gasteiger partial charge on any atom is 0.329 e. The number of aliphatic carboxylic acids is 1. The van der Waals surface area contributed by atoms with Crippen LogP contribution in [0.15, 0.2) is 22.7 Å². The number of hydrogen-bond acceptors (Lipinski definition) is 4. The summed E-state index contributed by atoms with van der Waals surface area (Å²) in [4.78, 5) is 50.9. The van der Waals surface area contributed by atoms with Crippen molar-refractivity contribution < 1.29 is 24.3 Å². The SMILES string of the molecule is CC1(C(=O)O)CCCN1C(=O)CN1C(=O)c2ccc(Br)cc2C1=O. The number of carboxylic acid groups (broad SMARTS) is 1. The van der Waals surface area contributed by atoms with Gasteiger partial charge in [-0.2, -0.15) is 0 Å². The number of carbonyl (C=O) groups excluding carboxylic acids is 3. The van der Waals surface area contributed by atoms with Gasteiger partial charge in [-0.05, 0) is 38.0 Å². The van der Waals surface area contributed by atoms with Crippen LogP contribution in [0, 0.1) is 0 Å². The Balaban J connectivity index is 1.82. The lowest BCUT2D eigenvalue weighted by molar-refractivity contribution is -0.155. The van der Waals surface area contributed by atoms with Gasteiger partial charge in [-0.25, -0.2) is 4.79 Å². The number of amides is 3. The number of benzene rings is 1. The van der Waals surface area contributed by atoms with Crippen LogP contribution in [0.25, 0.3) is 0 Å². The molecule has 1 unspecified atom stereocenters. The second-order valence-electron chi connectivity index (χ2n) is 6.11. The molecule has 24 heavy (non-hydrogen) atoms. The van der Waals surface area contributed by atoms with Crippen molar-refractivity contribution in [2.45, 2.75) is 25.3 Å². The van der Waals surface area contributed by atoms with E-state index in [2.05, 4.69) is 15.9 Å². The number of fused-ring (bicyclic) bond motifs is 1. The molecule has 3 rings (SSSR count). The Morgan fingerprint density at radius 3 is 2.58 bits per heavy atom. The van der Waals surface area contributed by atoms with E-state index in [9.17, 15) is 24.3 Å². The molecule has 1 atom stereocenters. The number of rotatable bonds is 3. The first-order valence-corrected chi connectivity index (χ1v) is 8.24. The van der Waals surface area contributed by atoms with Crippen molar-refractivity contribution in [2.24, 2.45) is 0 Å². The second kappa shape index (κ2) is 5.70. The third-order valence-corrected chi connectivity index (χ3v) is 5.12. The maximum absolute atomic E-state index is 12.5. The number of carbonyl (C=O) groups is 4. The first-order chi connectivity index (χ1) is 11.3. The Labute approximate surface area is 146 Å². The van der Waals surface area contributed by atoms with E-state index in [4.69, 9.17) is 0 Å². The van der Waals surface area contributed by atoms with Gasteiger partial charge in [-0.3, -0.25) is 19.3 Å². The highest BCUT2D eigenvalue weighted by atomic mass is 79.9. The lowest BCUT2D eigenvalue weighted by Crippen LogP contribution is -2.53. The average Bonchev–Trinajstić information content (AvgIpc) is 3.03. The summed E-state index contributed by atoms with van der Waals surface area (Å²) in [5.74, 6) is -2.70. The Hall–Kier alpha value is -2.22. The number of hydrogen-bond donors (Lipinski definition) is 1. The van der Waals surface area contributed by atoms with Crippen LogP contribution in [-0.2, 0) is 9.59 Å². The Morgan fingerprint density at radius 1 is 1.25 bits per heavy atom. The summed E-state index contributed by atoms with van der Waals surface area (Å²) in [5, 5.41) is 9.38. The summed E-state index contributed by atoms with van der Waals surface area (Å²) < 4.78 is 0.661. The molecule has 2 aliphatic rings. The van der Waals surface area contributed by atoms with E-state index in [-0.39, 0.29) is 11.1 Å². The standard InChI is InChI=1S/C16H15BrN2O5/c1-16(15(23)24)5-2-6-19(16)12(20)8-18-13(21)10-4-3-9(17)7-11(10)14(18)22/h3-4,7H,2,5-6,8H2,1H3,(H,23,24). The molecule has 0 radical (unpaired) electrons. The molecule has 1 aromatic carbocycles. The molecule has 0 aliphatic carbocycles. The molecule has 0 saturated carbocycles. The van der Waals surface area contributed by atoms with Gasteiger partial charge in [0.25, 0.3) is 11.8 Å². The molecule has 0 spiro atoms. The lowest BCUT2D eigenvalue weighted by Gasteiger charge is -2.32. The zero-order chi connectivity index (χ0) is 17.6. The van der Waals surface area contributed by atoms with Gasteiger partial charge < -0.3 is 10.0 Å². The lowest BCUT2D eigenvalue weighted by atomic mass is 9.99. The highest BCUT2D eigenvalue weighted by Crippen LogP contribution is 2.31. The summed E-state index contributed by atoms with van der Waals surface area (Å²) in [6.45, 7) is 1.34. The summed E-state index contributed by atoms with van der Waals surface area (Å²) >= 11 is 3.25. The third-order valence-electron chi connectivity index (χ3n) is 4.63. The van der Waals surface area contributed by atoms with E-state index >= 15 is 0 Å². The van der Waals surface area contributed by atoms with Crippen LogP contribution in [0.3, 0.4) is 0 Å². The van der Waals surface area contributed by atoms with E-state index < -0.39 is 35.8 Å². The number of nitrogens with zero attached hydrogens (tertiary/aromatic N) is 2. The highest BCUT2D eigenvalue weighted by Gasteiger charge is 2.47. The van der Waals surface area contributed by atoms with Crippen molar-refractivity contribution in [1.29, 1.82) is 0 Å². The van der Waals surface area contributed by atoms with Crippen LogP contribution in [0.1, 0.15) is 40.5 Å². The maximum atomic E-state index is 12.5. The first kappa shape index (κ1) is 16.6. The highest BCUT2D eigenvalue weighted by molar-refractivity contribution is 9.10. The molecule has 1 N–H and O–H groups in total. The average molecular weight is 395 g/mol. The molecular formula is C16H15BrN2O5. The normalized spacial score (nSPS) is 22.9. The van der Waals surface area contributed by atoms with Crippen molar-refractivity contribution >= 4 is 39.6 Å². The van der Waals surface area contributed by atoms with E-state index in [0.29, 0.717) is 23.9 Å². The molecule has 8 heteroatoms. The fourth-order valence-electron chi connectivity index (χ4n) is 3.21. The van der Waals surface area contributed by atoms with Crippen LogP contribution >= 0.6 is 15.9 Å². The van der Waals surface area contributed by atoms with Crippen molar-refractivity contribution in [2.75, 3.05) is 13.1 Å². The molecule has 2 aliphatic heterocycles. The molecule has 1 saturated heterocycles. The number of halogens is 1. The smallest absolute Gasteiger partial charge is 0.329 e. The molecule has 3 amide bonds. The topological polar surface area (TPSA) is 95.0 Å². The van der Waals surface area contributed by atoms with Crippen molar-refractivity contribution in [1.82, 2.24) is 9.80 Å². The molecule has 126 valence electrons. The predicted octanol–water partition coefficient (Wildman–Crippen LogP) is 1.51. The zero-order valence-corrected chi connectivity index (χ0v) is 14.5. The van der Waals surface area contributed by atoms with E-state index in [0.717, 1.165) is 4.90 Å². The van der Waals surface area contributed by atoms with Gasteiger partial charge in [-0.15, -0.1) is 0 Å². The molecule has 0 aromatic heterocycles. The summed E-state index contributed by atoms with van der Waals surface area (Å²) in [5.41, 5.74) is -0.804. The Morgan fingerprint density at radius 2 is 1.92 bits per heavy atom. The van der Waals surface area contributed by atoms with Gasteiger partial charge in [0.05, 0.1) is 11.1 Å². The molecule has 0 bridgehead atoms. The number of imide groups is 1. The van der Waals surface area contributed by atoms with Crippen LogP contribution in [-0.4, -0.2) is 57.2 Å². The van der Waals surface area contributed by atoms with Crippen molar-refractivity contribution in [3.8, 4) is 0 Å². The van der Waals surface area contributed by atoms with E-state index in [1.54, 1.807) is 6.07 Å². The van der Waals surface area contributed by atoms with Crippen molar-refractivity contribution in [3.05, 3.63) is 33.8 Å². The Kier molecular flexibility index (Phi) is 3.95. The minimum atomic E-state index is -1.29. The van der Waals surface area contributed by atoms with Crippen LogP contribution in [0.4, 0.5) is 0 Å². The zero-order valence-electron chi connectivity index (χ0n) is 12.9. The second-order valence-corrected chi connectivity index (χ2v) is 7.03. The monoisotopic (exact) mass is 394 g/mol. The molecular weight excluding hydrogens is 380 g/mol. The fourth-order valence-corrected chi connectivity index (χ4v) is 3.57. The van der Waals surface area contributed by atoms with Gasteiger partial charge in [0.15, 0.2) is 0 Å². The van der Waals surface area contributed by atoms with Crippen LogP contribution < -0.4 is 0 Å². The van der Waals surface area contributed by atoms with Crippen LogP contribution in [0.5, 0.6) is 0 Å². The quantitative estimate of drug-likeness (QED) is 0.783. The number of likely N-dealkylation sites (tertiary alicyclic amines) is 1. The van der Waals surface area contributed by atoms with Crippen LogP contribution in [0.2, 0.25) is 0 Å². The molecule has 1 fully saturated rings. The molecule has 2 heterocycles. The van der Waals surface area contributed by atoms with Gasteiger partial charge in [0.2, 0.25) is 5.91 Å². The molecule has 1 aromatic rings. The molecule has 7 nitrogen and oxygen atoms in total. The Bertz CT molecular complexity index is 778. The van der Waals surface area contributed by atoms with E-state index in [1.807, 2.05) is 0 Å². The van der Waals surface area contributed by atoms with Crippen molar-refractivity contribution in [3.63, 3.8) is 0 Å². The van der Waals surface area contributed by atoms with Gasteiger partial charge >= 0.3 is 5.97 Å². The third kappa shape index (κ3) is 2.41. The summed E-state index contributed by atoms with van der Waals surface area (Å²) in [6, 6.07) is 4.72. The van der Waals surface area contributed by atoms with E-state index in [1.165, 1.54) is 24.0 Å². The summed E-state index contributed by atoms with van der Waals surface area (Å²) in [6.07, 6.45) is 0.923. The van der Waals surface area contributed by atoms with Gasteiger partial charge in [0, 0.05) is 11.0 Å². The first-order valence-electron chi connectivity index (χ1n) is 7.45. The van der Waals surface area contributed by atoms with Gasteiger partial charge in [-0.1, -0.05) is 15.9 Å². The fraction of sp³-hybridized carbons (Fsp3) is 0.375. The largest absolute Gasteiger partial charge is 0.480 e. The van der Waals surface area contributed by atoms with Gasteiger partial charge in [0.1, 0.15) is 12.1 Å². The number of carboxylic acids is 1.